The lowest BCUT2D eigenvalue weighted by Crippen LogP contribution is -2.39. The van der Waals surface area contributed by atoms with E-state index in [-0.39, 0.29) is 23.2 Å². The highest BCUT2D eigenvalue weighted by atomic mass is 16.5. The minimum Gasteiger partial charge on any atom is -0.497 e. The summed E-state index contributed by atoms with van der Waals surface area (Å²) < 4.78 is 12.2. The highest BCUT2D eigenvalue weighted by molar-refractivity contribution is 6.10. The average Bonchev–Trinajstić information content (AvgIpc) is 3.48. The van der Waals surface area contributed by atoms with Gasteiger partial charge in [0.25, 0.3) is 11.8 Å². The fourth-order valence-electron chi connectivity index (χ4n) is 4.95. The topological polar surface area (TPSA) is 120 Å². The summed E-state index contributed by atoms with van der Waals surface area (Å²) in [5.74, 6) is 0.108. The van der Waals surface area contributed by atoms with E-state index in [1.54, 1.807) is 35.1 Å². The molecule has 3 amide bonds. The molecule has 0 atom stereocenters. The van der Waals surface area contributed by atoms with Crippen LogP contribution in [0.1, 0.15) is 44.9 Å². The van der Waals surface area contributed by atoms with Gasteiger partial charge in [-0.2, -0.15) is 5.10 Å². The highest BCUT2D eigenvalue weighted by Gasteiger charge is 2.35. The van der Waals surface area contributed by atoms with Gasteiger partial charge in [-0.05, 0) is 55.7 Å². The lowest BCUT2D eigenvalue weighted by Gasteiger charge is -2.29. The zero-order valence-corrected chi connectivity index (χ0v) is 20.4. The maximum atomic E-state index is 13.9. The van der Waals surface area contributed by atoms with Crippen LogP contribution in [0.3, 0.4) is 0 Å². The van der Waals surface area contributed by atoms with Gasteiger partial charge in [-0.15, -0.1) is 0 Å². The Kier molecular flexibility index (Phi) is 5.87. The molecule has 5 rings (SSSR count). The Morgan fingerprint density at radius 2 is 1.75 bits per heavy atom. The number of aryl methyl sites for hydroxylation is 1. The van der Waals surface area contributed by atoms with Crippen molar-refractivity contribution in [1.82, 2.24) is 9.78 Å². The number of nitrogens with zero attached hydrogens (tertiary/aromatic N) is 4. The van der Waals surface area contributed by atoms with E-state index in [0.29, 0.717) is 54.4 Å². The van der Waals surface area contributed by atoms with E-state index in [2.05, 4.69) is 5.10 Å². The molecule has 0 aliphatic carbocycles. The minimum atomic E-state index is -0.700. The van der Waals surface area contributed by atoms with Crippen molar-refractivity contribution in [3.63, 3.8) is 0 Å². The number of carbonyl (C=O) groups excluding carboxylic acids is 3. The molecule has 0 unspecified atom stereocenters. The fourth-order valence-corrected chi connectivity index (χ4v) is 4.95. The van der Waals surface area contributed by atoms with Gasteiger partial charge >= 0.3 is 0 Å². The van der Waals surface area contributed by atoms with Crippen LogP contribution in [0.5, 0.6) is 11.5 Å². The van der Waals surface area contributed by atoms with E-state index in [9.17, 15) is 14.4 Å². The van der Waals surface area contributed by atoms with Gasteiger partial charge in [-0.1, -0.05) is 0 Å². The smallest absolute Gasteiger partial charge is 0.277 e. The number of anilines is 2. The van der Waals surface area contributed by atoms with Gasteiger partial charge in [0.15, 0.2) is 5.69 Å². The van der Waals surface area contributed by atoms with Crippen molar-refractivity contribution < 1.29 is 23.9 Å². The first-order valence-corrected chi connectivity index (χ1v) is 11.7. The zero-order valence-electron chi connectivity index (χ0n) is 20.4. The summed E-state index contributed by atoms with van der Waals surface area (Å²) in [6.07, 6.45) is 1.80. The Bertz CT molecular complexity index is 1400. The molecule has 3 heterocycles. The number of carbonyl (C=O) groups is 3. The molecule has 0 radical (unpaired) electrons. The fraction of sp³-hybridized carbons (Fsp3) is 0.308. The number of aromatic nitrogens is 2. The van der Waals surface area contributed by atoms with Gasteiger partial charge < -0.3 is 25.0 Å². The summed E-state index contributed by atoms with van der Waals surface area (Å²) in [5, 5.41) is 4.43. The van der Waals surface area contributed by atoms with Crippen LogP contribution in [-0.4, -0.2) is 54.8 Å². The Hall–Kier alpha value is -4.34. The molecule has 36 heavy (non-hydrogen) atoms. The standard InChI is InChI=1S/C26H27N5O5/c1-15-13-16(6-8-19(15)30-11-4-5-22(30)32)29-12-10-18-23(25(27)33)28-31(24(18)26(29)34)20-9-7-17(35-2)14-21(20)36-3/h6-9,13-14H,4-5,10-12H2,1-3H3,(H2,27,33). The van der Waals surface area contributed by atoms with Crippen LogP contribution in [-0.2, 0) is 11.2 Å². The Balaban J connectivity index is 1.57. The molecule has 0 saturated carbocycles. The lowest BCUT2D eigenvalue weighted by atomic mass is 10.0. The molecule has 2 aromatic carbocycles. The summed E-state index contributed by atoms with van der Waals surface area (Å²) in [5.41, 5.74) is 9.41. The van der Waals surface area contributed by atoms with E-state index in [0.717, 1.165) is 17.7 Å². The van der Waals surface area contributed by atoms with Crippen molar-refractivity contribution >= 4 is 29.1 Å². The van der Waals surface area contributed by atoms with Crippen molar-refractivity contribution in [3.8, 4) is 17.2 Å². The highest BCUT2D eigenvalue weighted by Crippen LogP contribution is 2.35. The maximum absolute atomic E-state index is 13.9. The van der Waals surface area contributed by atoms with Crippen LogP contribution >= 0.6 is 0 Å². The molecule has 1 aromatic heterocycles. The lowest BCUT2D eigenvalue weighted by molar-refractivity contribution is -0.117. The van der Waals surface area contributed by atoms with Crippen molar-refractivity contribution in [3.05, 3.63) is 58.9 Å². The molecule has 10 heteroatoms. The first kappa shape index (κ1) is 23.4. The molecule has 1 fully saturated rings. The van der Waals surface area contributed by atoms with E-state index >= 15 is 0 Å². The number of nitrogens with two attached hydrogens (primary N) is 1. The SMILES string of the molecule is COc1ccc(-n2nc(C(N)=O)c3c2C(=O)N(c2ccc(N4CCCC4=O)c(C)c2)CC3)c(OC)c1. The third kappa shape index (κ3) is 3.74. The van der Waals surface area contributed by atoms with Crippen LogP contribution in [0.15, 0.2) is 36.4 Å². The molecule has 2 N–H and O–H groups in total. The van der Waals surface area contributed by atoms with E-state index < -0.39 is 5.91 Å². The number of primary amides is 1. The first-order chi connectivity index (χ1) is 17.3. The van der Waals surface area contributed by atoms with Crippen molar-refractivity contribution in [2.75, 3.05) is 37.1 Å². The van der Waals surface area contributed by atoms with Gasteiger partial charge in [0.2, 0.25) is 5.91 Å². The van der Waals surface area contributed by atoms with Gasteiger partial charge in [0.1, 0.15) is 22.9 Å². The minimum absolute atomic E-state index is 0.0648. The van der Waals surface area contributed by atoms with Crippen molar-refractivity contribution in [2.24, 2.45) is 5.73 Å². The molecule has 10 nitrogen and oxygen atoms in total. The number of ether oxygens (including phenoxy) is 2. The van der Waals surface area contributed by atoms with Gasteiger partial charge in [0.05, 0.1) is 14.2 Å². The number of hydrogen-bond donors (Lipinski definition) is 1. The largest absolute Gasteiger partial charge is 0.497 e. The third-order valence-electron chi connectivity index (χ3n) is 6.72. The quantitative estimate of drug-likeness (QED) is 0.568. The van der Waals surface area contributed by atoms with E-state index in [4.69, 9.17) is 15.2 Å². The van der Waals surface area contributed by atoms with Crippen molar-refractivity contribution in [2.45, 2.75) is 26.2 Å². The molecular formula is C26H27N5O5. The summed E-state index contributed by atoms with van der Waals surface area (Å²) in [7, 11) is 3.05. The van der Waals surface area contributed by atoms with E-state index in [1.165, 1.54) is 11.8 Å². The number of hydrogen-bond acceptors (Lipinski definition) is 6. The molecule has 2 aliphatic heterocycles. The second-order valence-electron chi connectivity index (χ2n) is 8.82. The van der Waals surface area contributed by atoms with Gasteiger partial charge in [-0.25, -0.2) is 4.68 Å². The molecular weight excluding hydrogens is 462 g/mol. The van der Waals surface area contributed by atoms with Crippen LogP contribution in [0, 0.1) is 6.92 Å². The van der Waals surface area contributed by atoms with Crippen LogP contribution in [0.4, 0.5) is 11.4 Å². The average molecular weight is 490 g/mol. The second-order valence-corrected chi connectivity index (χ2v) is 8.82. The summed E-state index contributed by atoms with van der Waals surface area (Å²) in [4.78, 5) is 41.7. The zero-order chi connectivity index (χ0) is 25.6. The molecule has 3 aromatic rings. The molecule has 0 spiro atoms. The second kappa shape index (κ2) is 9.03. The van der Waals surface area contributed by atoms with Crippen LogP contribution < -0.4 is 25.0 Å². The Morgan fingerprint density at radius 1 is 0.972 bits per heavy atom. The normalized spacial score (nSPS) is 15.3. The van der Waals surface area contributed by atoms with E-state index in [1.807, 2.05) is 25.1 Å². The predicted molar refractivity (Wildman–Crippen MR) is 133 cm³/mol. The number of benzene rings is 2. The van der Waals surface area contributed by atoms with Crippen molar-refractivity contribution in [1.29, 1.82) is 0 Å². The summed E-state index contributed by atoms with van der Waals surface area (Å²) >= 11 is 0. The number of fused-ring (bicyclic) bond motifs is 1. The van der Waals surface area contributed by atoms with Crippen LogP contribution in [0.25, 0.3) is 5.69 Å². The summed E-state index contributed by atoms with van der Waals surface area (Å²) in [6.45, 7) is 2.99. The predicted octanol–water partition coefficient (Wildman–Crippen LogP) is 2.63. The molecule has 186 valence electrons. The summed E-state index contributed by atoms with van der Waals surface area (Å²) in [6, 6.07) is 10.8. The Labute approximate surface area is 208 Å². The third-order valence-corrected chi connectivity index (χ3v) is 6.72. The first-order valence-electron chi connectivity index (χ1n) is 11.7. The Morgan fingerprint density at radius 3 is 2.39 bits per heavy atom. The number of amides is 3. The monoisotopic (exact) mass is 489 g/mol. The maximum Gasteiger partial charge on any atom is 0.277 e. The van der Waals surface area contributed by atoms with Crippen LogP contribution in [0.2, 0.25) is 0 Å². The van der Waals surface area contributed by atoms with Gasteiger partial charge in [-0.3, -0.25) is 14.4 Å². The molecule has 0 bridgehead atoms. The molecule has 1 saturated heterocycles. The molecule has 2 aliphatic rings. The number of rotatable bonds is 6. The number of methoxy groups -OCH3 is 2. The van der Waals surface area contributed by atoms with Gasteiger partial charge in [0, 0.05) is 42.5 Å².